The number of benzene rings is 1. The molecule has 1 aromatic carbocycles. The van der Waals surface area contributed by atoms with Crippen molar-refractivity contribution in [2.45, 2.75) is 25.7 Å². The van der Waals surface area contributed by atoms with Gasteiger partial charge in [-0.15, -0.1) is 0 Å². The summed E-state index contributed by atoms with van der Waals surface area (Å²) in [6.45, 7) is 2.21. The summed E-state index contributed by atoms with van der Waals surface area (Å²) in [4.78, 5) is 16.3. The van der Waals surface area contributed by atoms with E-state index in [9.17, 15) is 4.79 Å². The zero-order valence-electron chi connectivity index (χ0n) is 10.6. The van der Waals surface area contributed by atoms with Gasteiger partial charge in [0.2, 0.25) is 0 Å². The van der Waals surface area contributed by atoms with Crippen LogP contribution < -0.4 is 0 Å². The van der Waals surface area contributed by atoms with E-state index in [-0.39, 0.29) is 5.97 Å². The van der Waals surface area contributed by atoms with Crippen LogP contribution >= 0.6 is 0 Å². The molecule has 4 nitrogen and oxygen atoms in total. The van der Waals surface area contributed by atoms with Crippen molar-refractivity contribution >= 4 is 17.0 Å². The first-order chi connectivity index (χ1) is 8.70. The molecule has 1 aromatic heterocycles. The highest BCUT2D eigenvalue weighted by Gasteiger charge is 2.28. The lowest BCUT2D eigenvalue weighted by atomic mass is 10.2. The highest BCUT2D eigenvalue weighted by molar-refractivity contribution is 5.93. The molecule has 1 heterocycles. The van der Waals surface area contributed by atoms with Gasteiger partial charge in [0.05, 0.1) is 23.2 Å². The van der Waals surface area contributed by atoms with Gasteiger partial charge in [-0.1, -0.05) is 0 Å². The van der Waals surface area contributed by atoms with E-state index in [2.05, 4.69) is 9.55 Å². The van der Waals surface area contributed by atoms with Crippen LogP contribution in [0.4, 0.5) is 0 Å². The van der Waals surface area contributed by atoms with Crippen LogP contribution in [0.5, 0.6) is 0 Å². The van der Waals surface area contributed by atoms with Gasteiger partial charge in [-0.05, 0) is 38.0 Å². The monoisotopic (exact) mass is 244 g/mol. The predicted molar refractivity (Wildman–Crippen MR) is 68.6 cm³/mol. The Kier molecular flexibility index (Phi) is 2.58. The summed E-state index contributed by atoms with van der Waals surface area (Å²) < 4.78 is 7.11. The van der Waals surface area contributed by atoms with Gasteiger partial charge in [-0.3, -0.25) is 0 Å². The second-order valence-corrected chi connectivity index (χ2v) is 4.73. The number of aromatic nitrogens is 2. The van der Waals surface area contributed by atoms with Gasteiger partial charge in [0, 0.05) is 13.0 Å². The number of nitrogens with zero attached hydrogens (tertiary/aromatic N) is 2. The summed E-state index contributed by atoms with van der Waals surface area (Å²) in [5.74, 6) is 1.47. The van der Waals surface area contributed by atoms with E-state index < -0.39 is 0 Å². The fourth-order valence-electron chi connectivity index (χ4n) is 2.26. The maximum Gasteiger partial charge on any atom is 0.338 e. The topological polar surface area (TPSA) is 44.1 Å². The van der Waals surface area contributed by atoms with Crippen molar-refractivity contribution in [3.05, 3.63) is 29.6 Å². The molecule has 1 aliphatic rings. The van der Waals surface area contributed by atoms with Crippen molar-refractivity contribution in [1.82, 2.24) is 9.55 Å². The third-order valence-electron chi connectivity index (χ3n) is 3.37. The molecule has 0 saturated heterocycles. The fraction of sp³-hybridized carbons (Fsp3) is 0.429. The minimum absolute atomic E-state index is 0.270. The van der Waals surface area contributed by atoms with Gasteiger partial charge < -0.3 is 9.30 Å². The van der Waals surface area contributed by atoms with E-state index >= 15 is 0 Å². The molecule has 1 saturated carbocycles. The van der Waals surface area contributed by atoms with Crippen molar-refractivity contribution in [2.24, 2.45) is 7.05 Å². The van der Waals surface area contributed by atoms with Gasteiger partial charge in [-0.25, -0.2) is 9.78 Å². The Bertz CT molecular complexity index is 612. The number of aryl methyl sites for hydroxylation is 1. The molecule has 1 aliphatic carbocycles. The molecular formula is C14H16N2O2. The Morgan fingerprint density at radius 3 is 2.94 bits per heavy atom. The Balaban J connectivity index is 2.05. The lowest BCUT2D eigenvalue weighted by Gasteiger charge is -2.03. The second kappa shape index (κ2) is 4.12. The minimum atomic E-state index is -0.270. The number of imidazole rings is 1. The Morgan fingerprint density at radius 1 is 1.50 bits per heavy atom. The highest BCUT2D eigenvalue weighted by Crippen LogP contribution is 2.40. The molecule has 3 rings (SSSR count). The molecule has 0 radical (unpaired) electrons. The maximum absolute atomic E-state index is 11.7. The van der Waals surface area contributed by atoms with Crippen molar-refractivity contribution in [3.63, 3.8) is 0 Å². The van der Waals surface area contributed by atoms with Crippen LogP contribution in [0.25, 0.3) is 11.0 Å². The molecule has 0 atom stereocenters. The molecule has 0 amide bonds. The molecule has 18 heavy (non-hydrogen) atoms. The van der Waals surface area contributed by atoms with Gasteiger partial charge in [0.25, 0.3) is 0 Å². The van der Waals surface area contributed by atoms with Gasteiger partial charge in [0.1, 0.15) is 5.82 Å². The predicted octanol–water partition coefficient (Wildman–Crippen LogP) is 2.63. The standard InChI is InChI=1S/C14H16N2O2/c1-3-18-14(17)10-6-7-11-12(8-10)16(2)13(15-11)9-4-5-9/h6-9H,3-5H2,1-2H3. The normalized spacial score (nSPS) is 15.0. The average molecular weight is 244 g/mol. The van der Waals surface area contributed by atoms with E-state index in [0.717, 1.165) is 16.9 Å². The van der Waals surface area contributed by atoms with Crippen molar-refractivity contribution in [1.29, 1.82) is 0 Å². The minimum Gasteiger partial charge on any atom is -0.462 e. The van der Waals surface area contributed by atoms with Crippen LogP contribution in [0.1, 0.15) is 41.9 Å². The van der Waals surface area contributed by atoms with Crippen LogP contribution in [0, 0.1) is 0 Å². The largest absolute Gasteiger partial charge is 0.462 e. The first-order valence-corrected chi connectivity index (χ1v) is 6.34. The van der Waals surface area contributed by atoms with Gasteiger partial charge >= 0.3 is 5.97 Å². The average Bonchev–Trinajstić information content (AvgIpc) is 3.15. The summed E-state index contributed by atoms with van der Waals surface area (Å²) in [7, 11) is 2.01. The Hall–Kier alpha value is -1.84. The van der Waals surface area contributed by atoms with Crippen LogP contribution in [-0.2, 0) is 11.8 Å². The smallest absolute Gasteiger partial charge is 0.338 e. The number of hydrogen-bond acceptors (Lipinski definition) is 3. The lowest BCUT2D eigenvalue weighted by molar-refractivity contribution is 0.0526. The summed E-state index contributed by atoms with van der Waals surface area (Å²) in [6, 6.07) is 5.55. The lowest BCUT2D eigenvalue weighted by Crippen LogP contribution is -2.04. The third kappa shape index (κ3) is 1.78. The number of fused-ring (bicyclic) bond motifs is 1. The Labute approximate surface area is 106 Å². The molecule has 0 unspecified atom stereocenters. The summed E-state index contributed by atoms with van der Waals surface area (Å²) in [6.07, 6.45) is 2.45. The molecule has 0 N–H and O–H groups in total. The van der Waals surface area contributed by atoms with Crippen molar-refractivity contribution in [3.8, 4) is 0 Å². The summed E-state index contributed by atoms with van der Waals surface area (Å²) in [5, 5.41) is 0. The number of ether oxygens (including phenoxy) is 1. The Morgan fingerprint density at radius 2 is 2.28 bits per heavy atom. The van der Waals surface area contributed by atoms with Crippen LogP contribution in [0.2, 0.25) is 0 Å². The second-order valence-electron chi connectivity index (χ2n) is 4.73. The number of esters is 1. The zero-order chi connectivity index (χ0) is 12.7. The van der Waals surface area contributed by atoms with E-state index in [4.69, 9.17) is 4.74 Å². The number of carbonyl (C=O) groups is 1. The van der Waals surface area contributed by atoms with E-state index in [0.29, 0.717) is 18.1 Å². The van der Waals surface area contributed by atoms with E-state index in [1.165, 1.54) is 12.8 Å². The molecule has 0 bridgehead atoms. The molecule has 0 spiro atoms. The van der Waals surface area contributed by atoms with E-state index in [1.807, 2.05) is 26.1 Å². The number of rotatable bonds is 3. The van der Waals surface area contributed by atoms with Crippen molar-refractivity contribution < 1.29 is 9.53 Å². The highest BCUT2D eigenvalue weighted by atomic mass is 16.5. The number of hydrogen-bond donors (Lipinski definition) is 0. The van der Waals surface area contributed by atoms with Crippen molar-refractivity contribution in [2.75, 3.05) is 6.61 Å². The van der Waals surface area contributed by atoms with Crippen LogP contribution in [-0.4, -0.2) is 22.1 Å². The molecule has 94 valence electrons. The molecule has 2 aromatic rings. The SMILES string of the molecule is CCOC(=O)c1ccc2nc(C3CC3)n(C)c2c1. The molecular weight excluding hydrogens is 228 g/mol. The number of carbonyl (C=O) groups excluding carboxylic acids is 1. The summed E-state index contributed by atoms with van der Waals surface area (Å²) in [5.41, 5.74) is 2.55. The fourth-order valence-corrected chi connectivity index (χ4v) is 2.26. The van der Waals surface area contributed by atoms with E-state index in [1.54, 1.807) is 6.07 Å². The zero-order valence-corrected chi connectivity index (χ0v) is 10.6. The molecule has 0 aliphatic heterocycles. The molecule has 4 heteroatoms. The first-order valence-electron chi connectivity index (χ1n) is 6.34. The maximum atomic E-state index is 11.7. The first kappa shape index (κ1) is 11.3. The van der Waals surface area contributed by atoms with Gasteiger partial charge in [-0.2, -0.15) is 0 Å². The van der Waals surface area contributed by atoms with Crippen LogP contribution in [0.15, 0.2) is 18.2 Å². The summed E-state index contributed by atoms with van der Waals surface area (Å²) >= 11 is 0. The third-order valence-corrected chi connectivity index (χ3v) is 3.37. The molecule has 1 fully saturated rings. The van der Waals surface area contributed by atoms with Crippen LogP contribution in [0.3, 0.4) is 0 Å². The quantitative estimate of drug-likeness (QED) is 0.779. The van der Waals surface area contributed by atoms with Gasteiger partial charge in [0.15, 0.2) is 0 Å².